The molecule has 0 amide bonds. The van der Waals surface area contributed by atoms with Gasteiger partial charge in [-0.2, -0.15) is 0 Å². The van der Waals surface area contributed by atoms with Gasteiger partial charge >= 0.3 is 0 Å². The Bertz CT molecular complexity index is 657. The fraction of sp³-hybridized carbons (Fsp3) is 0.429. The Kier molecular flexibility index (Phi) is 3.65. The first-order chi connectivity index (χ1) is 10.3. The summed E-state index contributed by atoms with van der Waals surface area (Å²) in [5.74, 6) is 0.543. The Morgan fingerprint density at radius 3 is 2.09 bits per heavy atom. The summed E-state index contributed by atoms with van der Waals surface area (Å²) < 4.78 is 0. The van der Waals surface area contributed by atoms with Gasteiger partial charge in [0.05, 0.1) is 0 Å². The van der Waals surface area contributed by atoms with Crippen molar-refractivity contribution >= 4 is 0 Å². The van der Waals surface area contributed by atoms with Crippen LogP contribution in [0.5, 0.6) is 0 Å². The molecule has 3 rings (SSSR count). The molecule has 22 heavy (non-hydrogen) atoms. The Hall–Kier alpha value is -1.60. The lowest BCUT2D eigenvalue weighted by Crippen LogP contribution is -2.19. The van der Waals surface area contributed by atoms with Gasteiger partial charge in [-0.15, -0.1) is 0 Å². The summed E-state index contributed by atoms with van der Waals surface area (Å²) in [6.07, 6.45) is 2.20. The molecule has 1 aliphatic carbocycles. The van der Waals surface area contributed by atoms with E-state index in [9.17, 15) is 0 Å². The van der Waals surface area contributed by atoms with Crippen LogP contribution in [-0.2, 0) is 5.54 Å². The zero-order chi connectivity index (χ0) is 16.0. The molecule has 0 bridgehead atoms. The maximum absolute atomic E-state index is 6.44. The van der Waals surface area contributed by atoms with Gasteiger partial charge in [-0.1, -0.05) is 76.2 Å². The number of hydrogen-bond donors (Lipinski definition) is 1. The van der Waals surface area contributed by atoms with Gasteiger partial charge in [-0.05, 0) is 46.4 Å². The van der Waals surface area contributed by atoms with Crippen LogP contribution in [-0.4, -0.2) is 0 Å². The predicted octanol–water partition coefficient (Wildman–Crippen LogP) is 5.45. The minimum absolute atomic E-state index is 0.0893. The van der Waals surface area contributed by atoms with E-state index in [1.54, 1.807) is 0 Å². The highest BCUT2D eigenvalue weighted by Crippen LogP contribution is 2.46. The third kappa shape index (κ3) is 2.83. The van der Waals surface area contributed by atoms with Gasteiger partial charge < -0.3 is 5.73 Å². The van der Waals surface area contributed by atoms with E-state index in [0.29, 0.717) is 5.92 Å². The summed E-state index contributed by atoms with van der Waals surface area (Å²) in [4.78, 5) is 0. The second kappa shape index (κ2) is 5.24. The molecule has 0 aromatic heterocycles. The van der Waals surface area contributed by atoms with Crippen LogP contribution < -0.4 is 5.73 Å². The standard InChI is InChI=1S/C21H27N/c1-15(20(2,3)4)16-9-11-17(12-10-16)18-7-5-6-8-19(18)21(22)13-14-21/h5-12,15H,13-14,22H2,1-4H3/t15-/m1/s1. The van der Waals surface area contributed by atoms with Crippen molar-refractivity contribution in [2.24, 2.45) is 11.1 Å². The van der Waals surface area contributed by atoms with Crippen LogP contribution in [0.1, 0.15) is 57.6 Å². The molecule has 116 valence electrons. The minimum Gasteiger partial charge on any atom is -0.321 e. The third-order valence-electron chi connectivity index (χ3n) is 5.27. The largest absolute Gasteiger partial charge is 0.321 e. The number of nitrogens with two attached hydrogens (primary N) is 1. The van der Waals surface area contributed by atoms with Crippen molar-refractivity contribution in [2.45, 2.75) is 52.0 Å². The van der Waals surface area contributed by atoms with Gasteiger partial charge in [-0.25, -0.2) is 0 Å². The second-order valence-electron chi connectivity index (χ2n) is 7.91. The maximum atomic E-state index is 6.44. The zero-order valence-corrected chi connectivity index (χ0v) is 14.2. The lowest BCUT2D eigenvalue weighted by Gasteiger charge is -2.27. The lowest BCUT2D eigenvalue weighted by molar-refractivity contribution is 0.339. The Balaban J connectivity index is 1.95. The van der Waals surface area contributed by atoms with Crippen molar-refractivity contribution in [2.75, 3.05) is 0 Å². The van der Waals surface area contributed by atoms with Crippen molar-refractivity contribution in [1.29, 1.82) is 0 Å². The molecule has 0 aliphatic heterocycles. The molecule has 1 atom stereocenters. The molecule has 0 saturated heterocycles. The van der Waals surface area contributed by atoms with E-state index in [4.69, 9.17) is 5.73 Å². The van der Waals surface area contributed by atoms with Gasteiger partial charge in [0.2, 0.25) is 0 Å². The third-order valence-corrected chi connectivity index (χ3v) is 5.27. The van der Waals surface area contributed by atoms with Gasteiger partial charge in [0.15, 0.2) is 0 Å². The van der Waals surface area contributed by atoms with Crippen LogP contribution in [0.2, 0.25) is 0 Å². The van der Waals surface area contributed by atoms with Crippen molar-refractivity contribution in [3.05, 3.63) is 59.7 Å². The van der Waals surface area contributed by atoms with E-state index in [2.05, 4.69) is 76.2 Å². The van der Waals surface area contributed by atoms with Crippen LogP contribution >= 0.6 is 0 Å². The molecule has 0 radical (unpaired) electrons. The van der Waals surface area contributed by atoms with Crippen molar-refractivity contribution < 1.29 is 0 Å². The van der Waals surface area contributed by atoms with Crippen molar-refractivity contribution in [1.82, 2.24) is 0 Å². The predicted molar refractivity (Wildman–Crippen MR) is 94.8 cm³/mol. The van der Waals surface area contributed by atoms with Crippen LogP contribution in [0.25, 0.3) is 11.1 Å². The monoisotopic (exact) mass is 293 g/mol. The van der Waals surface area contributed by atoms with E-state index in [1.165, 1.54) is 22.3 Å². The normalized spacial score (nSPS) is 18.0. The van der Waals surface area contributed by atoms with Crippen LogP contribution in [0, 0.1) is 5.41 Å². The van der Waals surface area contributed by atoms with Gasteiger partial charge in [0.25, 0.3) is 0 Å². The number of rotatable bonds is 3. The van der Waals surface area contributed by atoms with E-state index in [1.807, 2.05) is 0 Å². The first-order valence-corrected chi connectivity index (χ1v) is 8.30. The number of benzene rings is 2. The van der Waals surface area contributed by atoms with Crippen molar-refractivity contribution in [3.8, 4) is 11.1 Å². The lowest BCUT2D eigenvalue weighted by atomic mass is 9.77. The first-order valence-electron chi connectivity index (χ1n) is 8.30. The van der Waals surface area contributed by atoms with Crippen molar-refractivity contribution in [3.63, 3.8) is 0 Å². The molecule has 0 unspecified atom stereocenters. The summed E-state index contributed by atoms with van der Waals surface area (Å²) >= 11 is 0. The topological polar surface area (TPSA) is 26.0 Å². The van der Waals surface area contributed by atoms with Gasteiger partial charge in [0, 0.05) is 5.54 Å². The zero-order valence-electron chi connectivity index (χ0n) is 14.2. The molecule has 1 aliphatic rings. The average Bonchev–Trinajstić information content (AvgIpc) is 3.25. The molecule has 2 aromatic rings. The summed E-state index contributed by atoms with van der Waals surface area (Å²) in [5.41, 5.74) is 11.9. The highest BCUT2D eigenvalue weighted by molar-refractivity contribution is 5.69. The Labute approximate surface area is 134 Å². The van der Waals surface area contributed by atoms with Crippen LogP contribution in [0.3, 0.4) is 0 Å². The SMILES string of the molecule is C[C@H](c1ccc(-c2ccccc2C2(N)CC2)cc1)C(C)(C)C. The summed E-state index contributed by atoms with van der Waals surface area (Å²) in [7, 11) is 0. The maximum Gasteiger partial charge on any atom is 0.0417 e. The highest BCUT2D eigenvalue weighted by Gasteiger charge is 2.41. The fourth-order valence-corrected chi connectivity index (χ4v) is 3.02. The molecule has 1 fully saturated rings. The van der Waals surface area contributed by atoms with E-state index < -0.39 is 0 Å². The summed E-state index contributed by atoms with van der Waals surface area (Å²) in [5, 5.41) is 0. The molecule has 1 saturated carbocycles. The molecule has 2 aromatic carbocycles. The number of hydrogen-bond acceptors (Lipinski definition) is 1. The molecule has 2 N–H and O–H groups in total. The van der Waals surface area contributed by atoms with E-state index in [-0.39, 0.29) is 11.0 Å². The van der Waals surface area contributed by atoms with Gasteiger partial charge in [0.1, 0.15) is 0 Å². The van der Waals surface area contributed by atoms with Gasteiger partial charge in [-0.3, -0.25) is 0 Å². The Morgan fingerprint density at radius 2 is 1.55 bits per heavy atom. The molecular formula is C21H27N. The Morgan fingerprint density at radius 1 is 0.955 bits per heavy atom. The average molecular weight is 293 g/mol. The summed E-state index contributed by atoms with van der Waals surface area (Å²) in [6, 6.07) is 17.6. The minimum atomic E-state index is -0.0893. The van der Waals surface area contributed by atoms with E-state index in [0.717, 1.165) is 12.8 Å². The highest BCUT2D eigenvalue weighted by atomic mass is 14.8. The molecule has 0 heterocycles. The molecule has 1 nitrogen and oxygen atoms in total. The fourth-order valence-electron chi connectivity index (χ4n) is 3.02. The quantitative estimate of drug-likeness (QED) is 0.800. The van der Waals surface area contributed by atoms with Crippen LogP contribution in [0.15, 0.2) is 48.5 Å². The second-order valence-corrected chi connectivity index (χ2v) is 7.91. The first kappa shape index (κ1) is 15.3. The van der Waals surface area contributed by atoms with E-state index >= 15 is 0 Å². The van der Waals surface area contributed by atoms with Crippen LogP contribution in [0.4, 0.5) is 0 Å². The molecule has 1 heteroatoms. The molecule has 0 spiro atoms. The molecular weight excluding hydrogens is 266 g/mol. The smallest absolute Gasteiger partial charge is 0.0417 e. The summed E-state index contributed by atoms with van der Waals surface area (Å²) in [6.45, 7) is 9.20.